The van der Waals surface area contributed by atoms with Crippen molar-refractivity contribution in [3.05, 3.63) is 28.2 Å². The van der Waals surface area contributed by atoms with E-state index >= 15 is 0 Å². The van der Waals surface area contributed by atoms with E-state index in [-0.39, 0.29) is 18.1 Å². The molecule has 1 aromatic carbocycles. The number of nitrogens with one attached hydrogen (secondary N) is 1. The number of carbonyl (C=O) groups excluding carboxylic acids is 1. The molecule has 1 aromatic rings. The van der Waals surface area contributed by atoms with E-state index in [1.54, 1.807) is 0 Å². The van der Waals surface area contributed by atoms with Crippen molar-refractivity contribution in [1.82, 2.24) is 10.2 Å². The Kier molecular flexibility index (Phi) is 7.60. The number of amides is 1. The molecule has 0 spiro atoms. The highest BCUT2D eigenvalue weighted by Crippen LogP contribution is 2.26. The topological polar surface area (TPSA) is 69.7 Å². The molecule has 0 aliphatic heterocycles. The Morgan fingerprint density at radius 1 is 1.17 bits per heavy atom. The van der Waals surface area contributed by atoms with Crippen LogP contribution in [0.3, 0.4) is 0 Å². The van der Waals surface area contributed by atoms with E-state index in [1.807, 2.05) is 19.0 Å². The lowest BCUT2D eigenvalue weighted by atomic mass is 10.3. The highest BCUT2D eigenvalue weighted by Gasteiger charge is 2.21. The molecule has 0 aliphatic rings. The second-order valence-electron chi connectivity index (χ2n) is 5.40. The lowest BCUT2D eigenvalue weighted by molar-refractivity contribution is -0.119. The molecule has 0 aliphatic carbocycles. The van der Waals surface area contributed by atoms with E-state index in [0.29, 0.717) is 16.6 Å². The van der Waals surface area contributed by atoms with Gasteiger partial charge < -0.3 is 10.2 Å². The van der Waals surface area contributed by atoms with E-state index in [2.05, 4.69) is 5.32 Å². The van der Waals surface area contributed by atoms with E-state index in [0.717, 1.165) is 23.5 Å². The highest BCUT2D eigenvalue weighted by atomic mass is 35.5. The Hall–Kier alpha value is -1.02. The number of nitrogens with zero attached hydrogens (tertiary/aromatic N) is 2. The molecule has 0 saturated carbocycles. The van der Waals surface area contributed by atoms with Crippen LogP contribution in [0.4, 0.5) is 5.69 Å². The van der Waals surface area contributed by atoms with Crippen LogP contribution in [0.25, 0.3) is 0 Å². The lowest BCUT2D eigenvalue weighted by Gasteiger charge is -2.22. The van der Waals surface area contributed by atoms with Gasteiger partial charge in [0.05, 0.1) is 11.9 Å². The van der Waals surface area contributed by atoms with Crippen LogP contribution in [0.15, 0.2) is 18.2 Å². The minimum absolute atomic E-state index is 0.258. The van der Waals surface area contributed by atoms with Gasteiger partial charge in [0.15, 0.2) is 0 Å². The average Bonchev–Trinajstić information content (AvgIpc) is 2.38. The summed E-state index contributed by atoms with van der Waals surface area (Å²) in [4.78, 5) is 14.0. The summed E-state index contributed by atoms with van der Waals surface area (Å²) < 4.78 is 24.9. The van der Waals surface area contributed by atoms with Crippen molar-refractivity contribution in [3.8, 4) is 0 Å². The highest BCUT2D eigenvalue weighted by molar-refractivity contribution is 7.92. The molecule has 0 radical (unpaired) electrons. The molecule has 23 heavy (non-hydrogen) atoms. The van der Waals surface area contributed by atoms with Crippen molar-refractivity contribution >= 4 is 44.8 Å². The largest absolute Gasteiger partial charge is 0.354 e. The van der Waals surface area contributed by atoms with Crippen molar-refractivity contribution < 1.29 is 13.2 Å². The molecule has 6 nitrogen and oxygen atoms in total. The zero-order valence-corrected chi connectivity index (χ0v) is 15.7. The molecule has 0 heterocycles. The Morgan fingerprint density at radius 2 is 1.74 bits per heavy atom. The van der Waals surface area contributed by atoms with Crippen LogP contribution in [-0.4, -0.2) is 59.2 Å². The van der Waals surface area contributed by atoms with Crippen LogP contribution in [-0.2, 0) is 14.8 Å². The number of rotatable bonds is 8. The number of hydrogen-bond donors (Lipinski definition) is 1. The molecule has 0 aromatic heterocycles. The van der Waals surface area contributed by atoms with Crippen LogP contribution in [0.5, 0.6) is 0 Å². The van der Waals surface area contributed by atoms with Gasteiger partial charge in [0.1, 0.15) is 6.54 Å². The summed E-state index contributed by atoms with van der Waals surface area (Å²) in [6, 6.07) is 4.40. The predicted octanol–water partition coefficient (Wildman–Crippen LogP) is 1.83. The molecule has 9 heteroatoms. The van der Waals surface area contributed by atoms with E-state index in [4.69, 9.17) is 23.2 Å². The zero-order chi connectivity index (χ0) is 17.6. The molecular formula is C14H21Cl2N3O3S. The maximum Gasteiger partial charge on any atom is 0.240 e. The molecule has 0 saturated heterocycles. The van der Waals surface area contributed by atoms with Gasteiger partial charge >= 0.3 is 0 Å². The molecule has 0 atom stereocenters. The van der Waals surface area contributed by atoms with E-state index in [1.165, 1.54) is 18.2 Å². The summed E-state index contributed by atoms with van der Waals surface area (Å²) in [7, 11) is 0.238. The quantitative estimate of drug-likeness (QED) is 0.697. The molecule has 1 rings (SSSR count). The molecule has 130 valence electrons. The summed E-state index contributed by atoms with van der Waals surface area (Å²) in [5.41, 5.74) is 0.258. The third-order valence-corrected chi connectivity index (χ3v) is 4.50. The van der Waals surface area contributed by atoms with Crippen LogP contribution in [0.2, 0.25) is 10.0 Å². The number of anilines is 1. The van der Waals surface area contributed by atoms with Gasteiger partial charge in [0.25, 0.3) is 0 Å². The molecule has 0 unspecified atom stereocenters. The Bertz CT molecular complexity index is 630. The van der Waals surface area contributed by atoms with Gasteiger partial charge in [0.2, 0.25) is 15.9 Å². The van der Waals surface area contributed by atoms with Crippen molar-refractivity contribution in [3.63, 3.8) is 0 Å². The van der Waals surface area contributed by atoms with Crippen LogP contribution in [0.1, 0.15) is 6.42 Å². The Labute approximate surface area is 147 Å². The predicted molar refractivity (Wildman–Crippen MR) is 94.8 cm³/mol. The second kappa shape index (κ2) is 8.73. The summed E-state index contributed by atoms with van der Waals surface area (Å²) >= 11 is 11.8. The van der Waals surface area contributed by atoms with Crippen LogP contribution < -0.4 is 9.62 Å². The first-order valence-electron chi connectivity index (χ1n) is 6.95. The normalized spacial score (nSPS) is 11.6. The van der Waals surface area contributed by atoms with Crippen LogP contribution in [0, 0.1) is 0 Å². The fourth-order valence-electron chi connectivity index (χ4n) is 1.89. The van der Waals surface area contributed by atoms with Gasteiger partial charge in [-0.1, -0.05) is 23.2 Å². The van der Waals surface area contributed by atoms with Gasteiger partial charge in [0, 0.05) is 16.6 Å². The maximum absolute atomic E-state index is 12.0. The summed E-state index contributed by atoms with van der Waals surface area (Å²) in [5, 5.41) is 3.30. The maximum atomic E-state index is 12.0. The molecule has 0 bridgehead atoms. The number of carbonyl (C=O) groups is 1. The fraction of sp³-hybridized carbons (Fsp3) is 0.500. The van der Waals surface area contributed by atoms with E-state index < -0.39 is 10.0 Å². The van der Waals surface area contributed by atoms with Crippen molar-refractivity contribution in [2.24, 2.45) is 0 Å². The third kappa shape index (κ3) is 7.39. The minimum Gasteiger partial charge on any atom is -0.354 e. The number of benzene rings is 1. The first-order chi connectivity index (χ1) is 10.6. The number of hydrogen-bond acceptors (Lipinski definition) is 4. The first kappa shape index (κ1) is 20.0. The van der Waals surface area contributed by atoms with Gasteiger partial charge in [-0.3, -0.25) is 9.10 Å². The monoisotopic (exact) mass is 381 g/mol. The van der Waals surface area contributed by atoms with Crippen LogP contribution >= 0.6 is 23.2 Å². The van der Waals surface area contributed by atoms with Crippen molar-refractivity contribution in [1.29, 1.82) is 0 Å². The Balaban J connectivity index is 2.78. The minimum atomic E-state index is -3.64. The zero-order valence-electron chi connectivity index (χ0n) is 13.3. The fourth-order valence-corrected chi connectivity index (χ4v) is 3.25. The second-order valence-corrected chi connectivity index (χ2v) is 8.18. The first-order valence-corrected chi connectivity index (χ1v) is 9.55. The summed E-state index contributed by atoms with van der Waals surface area (Å²) in [6.45, 7) is 0.988. The smallest absolute Gasteiger partial charge is 0.240 e. The Morgan fingerprint density at radius 3 is 2.22 bits per heavy atom. The number of sulfonamides is 1. The van der Waals surface area contributed by atoms with Gasteiger partial charge in [-0.15, -0.1) is 0 Å². The summed E-state index contributed by atoms with van der Waals surface area (Å²) in [6.07, 6.45) is 1.81. The number of halogens is 2. The lowest BCUT2D eigenvalue weighted by Crippen LogP contribution is -2.41. The third-order valence-electron chi connectivity index (χ3n) is 2.93. The van der Waals surface area contributed by atoms with Gasteiger partial charge in [-0.25, -0.2) is 8.42 Å². The van der Waals surface area contributed by atoms with E-state index in [9.17, 15) is 13.2 Å². The van der Waals surface area contributed by atoms with Crippen molar-refractivity contribution in [2.75, 3.05) is 44.3 Å². The SMILES string of the molecule is CN(C)CCCNC(=O)CN(c1cc(Cl)cc(Cl)c1)S(C)(=O)=O. The molecule has 1 N–H and O–H groups in total. The standard InChI is InChI=1S/C14H21Cl2N3O3S/c1-18(2)6-4-5-17-14(20)10-19(23(3,21)22)13-8-11(15)7-12(16)9-13/h7-9H,4-6,10H2,1-3H3,(H,17,20). The van der Waals surface area contributed by atoms with Gasteiger partial charge in [-0.05, 0) is 45.3 Å². The van der Waals surface area contributed by atoms with Crippen molar-refractivity contribution in [2.45, 2.75) is 6.42 Å². The molecule has 1 amide bonds. The summed E-state index contributed by atoms with van der Waals surface area (Å²) in [5.74, 6) is -0.384. The van der Waals surface area contributed by atoms with Gasteiger partial charge in [-0.2, -0.15) is 0 Å². The molecule has 0 fully saturated rings. The molecular weight excluding hydrogens is 361 g/mol. The average molecular weight is 382 g/mol.